The third-order valence-corrected chi connectivity index (χ3v) is 7.17. The Morgan fingerprint density at radius 2 is 2.07 bits per heavy atom. The Morgan fingerprint density at radius 1 is 1.21 bits per heavy atom. The molecule has 9 heteroatoms. The van der Waals surface area contributed by atoms with E-state index in [2.05, 4.69) is 10.1 Å². The van der Waals surface area contributed by atoms with Crippen molar-refractivity contribution in [1.29, 1.82) is 0 Å². The summed E-state index contributed by atoms with van der Waals surface area (Å²) in [4.78, 5) is 24.3. The van der Waals surface area contributed by atoms with Crippen LogP contribution in [0.2, 0.25) is 0 Å². The Morgan fingerprint density at radius 3 is 2.90 bits per heavy atom. The molecule has 1 aliphatic carbocycles. The third kappa shape index (κ3) is 3.38. The number of aryl methyl sites for hydroxylation is 3. The predicted octanol–water partition coefficient (Wildman–Crippen LogP) is 3.85. The molecule has 0 saturated heterocycles. The van der Waals surface area contributed by atoms with Crippen molar-refractivity contribution in [2.75, 3.05) is 5.75 Å². The Bertz CT molecular complexity index is 1230. The summed E-state index contributed by atoms with van der Waals surface area (Å²) in [5, 5.41) is 5.27. The first-order valence-corrected chi connectivity index (χ1v) is 11.3. The minimum Gasteiger partial charge on any atom is -0.268 e. The second kappa shape index (κ2) is 7.72. The van der Waals surface area contributed by atoms with Gasteiger partial charge in [-0.2, -0.15) is 5.10 Å². The summed E-state index contributed by atoms with van der Waals surface area (Å²) in [5.74, 6) is 0.207. The zero-order valence-electron chi connectivity index (χ0n) is 15.5. The molecule has 4 aromatic rings. The van der Waals surface area contributed by atoms with Crippen LogP contribution >= 0.6 is 23.1 Å². The first-order chi connectivity index (χ1) is 14.2. The van der Waals surface area contributed by atoms with Crippen molar-refractivity contribution in [2.24, 2.45) is 0 Å². The summed E-state index contributed by atoms with van der Waals surface area (Å²) in [7, 11) is 0. The molecule has 0 spiro atoms. The van der Waals surface area contributed by atoms with Crippen LogP contribution in [0, 0.1) is 5.82 Å². The smallest absolute Gasteiger partial charge is 0.267 e. The number of nitrogens with zero attached hydrogens (tertiary/aromatic N) is 5. The van der Waals surface area contributed by atoms with Crippen LogP contribution in [0.1, 0.15) is 23.3 Å². The molecule has 6 nitrogen and oxygen atoms in total. The molecule has 0 atom stereocenters. The number of hydrogen-bond acceptors (Lipinski definition) is 6. The fraction of sp³-hybridized carbons (Fsp3) is 0.300. The van der Waals surface area contributed by atoms with E-state index in [1.807, 2.05) is 0 Å². The second-order valence-electron chi connectivity index (χ2n) is 6.88. The van der Waals surface area contributed by atoms with E-state index >= 15 is 0 Å². The number of fused-ring (bicyclic) bond motifs is 3. The normalized spacial score (nSPS) is 13.7. The maximum Gasteiger partial charge on any atom is 0.267 e. The van der Waals surface area contributed by atoms with E-state index in [-0.39, 0.29) is 11.2 Å². The number of benzene rings is 1. The maximum absolute atomic E-state index is 14.6. The summed E-state index contributed by atoms with van der Waals surface area (Å²) in [6.45, 7) is 0.622. The lowest BCUT2D eigenvalue weighted by atomic mass is 9.97. The van der Waals surface area contributed by atoms with E-state index < -0.39 is 5.82 Å². The number of thiophene rings is 1. The van der Waals surface area contributed by atoms with E-state index in [1.54, 1.807) is 40.5 Å². The molecular weight excluding hydrogens is 409 g/mol. The van der Waals surface area contributed by atoms with Crippen molar-refractivity contribution in [3.05, 3.63) is 63.5 Å². The van der Waals surface area contributed by atoms with E-state index in [0.717, 1.165) is 36.1 Å². The average Bonchev–Trinajstić information content (AvgIpc) is 3.36. The minimum atomic E-state index is -0.432. The van der Waals surface area contributed by atoms with Crippen LogP contribution in [0.5, 0.6) is 0 Å². The zero-order chi connectivity index (χ0) is 19.8. The minimum absolute atomic E-state index is 0.178. The topological polar surface area (TPSA) is 65.6 Å². The van der Waals surface area contributed by atoms with Crippen molar-refractivity contribution in [3.8, 4) is 5.69 Å². The van der Waals surface area contributed by atoms with Crippen LogP contribution in [-0.4, -0.2) is 30.1 Å². The molecule has 0 amide bonds. The van der Waals surface area contributed by atoms with Crippen LogP contribution in [0.3, 0.4) is 0 Å². The summed E-state index contributed by atoms with van der Waals surface area (Å²) in [6.07, 6.45) is 7.23. The predicted molar refractivity (Wildman–Crippen MR) is 113 cm³/mol. The first kappa shape index (κ1) is 18.5. The number of halogens is 1. The van der Waals surface area contributed by atoms with Crippen molar-refractivity contribution >= 4 is 33.3 Å². The summed E-state index contributed by atoms with van der Waals surface area (Å²) < 4.78 is 17.8. The lowest BCUT2D eigenvalue weighted by Crippen LogP contribution is -2.23. The number of rotatable bonds is 5. The third-order valence-electron chi connectivity index (χ3n) is 5.07. The monoisotopic (exact) mass is 427 g/mol. The number of aromatic nitrogens is 5. The van der Waals surface area contributed by atoms with Gasteiger partial charge in [0.25, 0.3) is 5.56 Å². The fourth-order valence-electron chi connectivity index (χ4n) is 3.71. The zero-order valence-corrected chi connectivity index (χ0v) is 17.2. The molecule has 148 valence electrons. The molecule has 0 saturated carbocycles. The van der Waals surface area contributed by atoms with Gasteiger partial charge < -0.3 is 0 Å². The Balaban J connectivity index is 1.64. The average molecular weight is 428 g/mol. The van der Waals surface area contributed by atoms with Gasteiger partial charge >= 0.3 is 0 Å². The first-order valence-electron chi connectivity index (χ1n) is 9.50. The Labute approximate surface area is 174 Å². The van der Waals surface area contributed by atoms with Crippen LogP contribution in [0.15, 0.2) is 46.9 Å². The molecule has 29 heavy (non-hydrogen) atoms. The number of thioether (sulfide) groups is 1. The Hall–Kier alpha value is -2.52. The highest BCUT2D eigenvalue weighted by Gasteiger charge is 2.23. The fourth-order valence-corrected chi connectivity index (χ4v) is 5.94. The van der Waals surface area contributed by atoms with Gasteiger partial charge in [-0.1, -0.05) is 23.9 Å². The molecule has 0 bridgehead atoms. The Kier molecular flexibility index (Phi) is 4.92. The van der Waals surface area contributed by atoms with Crippen LogP contribution in [-0.2, 0) is 19.4 Å². The van der Waals surface area contributed by atoms with Gasteiger partial charge in [0.05, 0.1) is 17.6 Å². The molecule has 0 radical (unpaired) electrons. The van der Waals surface area contributed by atoms with Gasteiger partial charge in [0, 0.05) is 10.6 Å². The summed E-state index contributed by atoms with van der Waals surface area (Å²) in [6, 6.07) is 6.37. The van der Waals surface area contributed by atoms with Crippen LogP contribution in [0.4, 0.5) is 4.39 Å². The molecule has 5 rings (SSSR count). The molecule has 0 N–H and O–H groups in total. The molecule has 0 aliphatic heterocycles. The van der Waals surface area contributed by atoms with Gasteiger partial charge in [-0.15, -0.1) is 11.3 Å². The van der Waals surface area contributed by atoms with Gasteiger partial charge in [0.1, 0.15) is 23.3 Å². The molecule has 3 heterocycles. The van der Waals surface area contributed by atoms with E-state index in [0.29, 0.717) is 22.8 Å². The van der Waals surface area contributed by atoms with E-state index in [4.69, 9.17) is 4.98 Å². The second-order valence-corrected chi connectivity index (χ2v) is 9.03. The van der Waals surface area contributed by atoms with Crippen LogP contribution < -0.4 is 5.56 Å². The van der Waals surface area contributed by atoms with Gasteiger partial charge in [0.2, 0.25) is 0 Å². The standard InChI is InChI=1S/C20H18FN5OS2/c21-14-6-2-3-7-15(14)26-19(27)17-13-5-1-4-8-16(13)29-18(17)24-20(26)28-10-9-25-12-22-11-23-25/h2-3,6-7,11-12H,1,4-5,8-10H2. The largest absolute Gasteiger partial charge is 0.268 e. The molecule has 1 aliphatic rings. The van der Waals surface area contributed by atoms with Gasteiger partial charge in [-0.05, 0) is 43.4 Å². The lowest BCUT2D eigenvalue weighted by molar-refractivity contribution is 0.607. The molecular formula is C20H18FN5OS2. The molecule has 0 fully saturated rings. The molecule has 3 aromatic heterocycles. The summed E-state index contributed by atoms with van der Waals surface area (Å²) >= 11 is 3.04. The highest BCUT2D eigenvalue weighted by atomic mass is 32.2. The highest BCUT2D eigenvalue weighted by Crippen LogP contribution is 2.35. The van der Waals surface area contributed by atoms with Crippen molar-refractivity contribution in [2.45, 2.75) is 37.4 Å². The molecule has 1 aromatic carbocycles. The van der Waals surface area contributed by atoms with Gasteiger partial charge in [0.15, 0.2) is 5.16 Å². The quantitative estimate of drug-likeness (QED) is 0.358. The van der Waals surface area contributed by atoms with Crippen molar-refractivity contribution in [3.63, 3.8) is 0 Å². The SMILES string of the molecule is O=c1c2c3c(sc2nc(SCCn2cncn2)n1-c1ccccc1F)CCCC3. The van der Waals surface area contributed by atoms with Crippen molar-refractivity contribution < 1.29 is 4.39 Å². The number of para-hydroxylation sites is 1. The highest BCUT2D eigenvalue weighted by molar-refractivity contribution is 7.99. The van der Waals surface area contributed by atoms with E-state index in [1.165, 1.54) is 33.6 Å². The lowest BCUT2D eigenvalue weighted by Gasteiger charge is -2.14. The van der Waals surface area contributed by atoms with Gasteiger partial charge in [-0.3, -0.25) is 14.0 Å². The maximum atomic E-state index is 14.6. The van der Waals surface area contributed by atoms with E-state index in [9.17, 15) is 9.18 Å². The van der Waals surface area contributed by atoms with Crippen LogP contribution in [0.25, 0.3) is 15.9 Å². The van der Waals surface area contributed by atoms with Crippen molar-refractivity contribution in [1.82, 2.24) is 24.3 Å². The number of hydrogen-bond donors (Lipinski definition) is 0. The van der Waals surface area contributed by atoms with Gasteiger partial charge in [-0.25, -0.2) is 14.4 Å². The summed E-state index contributed by atoms with van der Waals surface area (Å²) in [5.41, 5.74) is 1.17. The molecule has 0 unspecified atom stereocenters.